The average Bonchev–Trinajstić information content (AvgIpc) is 3.32. The lowest BCUT2D eigenvalue weighted by Gasteiger charge is -2.28. The van der Waals surface area contributed by atoms with E-state index >= 15 is 0 Å². The molecule has 0 bridgehead atoms. The number of nitro groups is 1. The number of fused-ring (bicyclic) bond motifs is 1. The minimum Gasteiger partial charge on any atom is -0.378 e. The van der Waals surface area contributed by atoms with Crippen LogP contribution in [-0.2, 0) is 4.74 Å². The molecule has 0 unspecified atom stereocenters. The molecule has 3 N–H and O–H groups in total. The molecule has 0 saturated carbocycles. The maximum atomic E-state index is 12.8. The van der Waals surface area contributed by atoms with Crippen molar-refractivity contribution in [2.24, 2.45) is 0 Å². The summed E-state index contributed by atoms with van der Waals surface area (Å²) in [6.45, 7) is 4.01. The van der Waals surface area contributed by atoms with Crippen molar-refractivity contribution < 1.29 is 14.5 Å². The molecule has 12 heteroatoms. The van der Waals surface area contributed by atoms with Crippen LogP contribution in [0.2, 0.25) is 5.02 Å². The second-order valence-corrected chi connectivity index (χ2v) is 9.57. The summed E-state index contributed by atoms with van der Waals surface area (Å²) in [5, 5.41) is 17.9. The molecule has 1 aromatic heterocycles. The van der Waals surface area contributed by atoms with E-state index in [0.717, 1.165) is 22.2 Å². The van der Waals surface area contributed by atoms with Crippen molar-refractivity contribution in [3.63, 3.8) is 0 Å². The zero-order valence-electron chi connectivity index (χ0n) is 20.3. The van der Waals surface area contributed by atoms with E-state index in [2.05, 4.69) is 20.6 Å². The van der Waals surface area contributed by atoms with Crippen molar-refractivity contribution in [1.29, 1.82) is 0 Å². The van der Waals surface area contributed by atoms with E-state index in [4.69, 9.17) is 28.6 Å². The number of benzene rings is 3. The summed E-state index contributed by atoms with van der Waals surface area (Å²) in [6.07, 6.45) is 0. The lowest BCUT2D eigenvalue weighted by atomic mass is 10.1. The van der Waals surface area contributed by atoms with E-state index < -0.39 is 10.8 Å². The third-order valence-electron chi connectivity index (χ3n) is 6.19. The Morgan fingerprint density at radius 2 is 1.89 bits per heavy atom. The van der Waals surface area contributed by atoms with Crippen molar-refractivity contribution in [3.8, 4) is 11.4 Å². The van der Waals surface area contributed by atoms with Gasteiger partial charge >= 0.3 is 0 Å². The molecule has 3 aromatic carbocycles. The monoisotopic (exact) mass is 550 g/mol. The summed E-state index contributed by atoms with van der Waals surface area (Å²) in [4.78, 5) is 33.7. The molecule has 1 aliphatic rings. The number of carbonyl (C=O) groups excluding carboxylic acids is 1. The van der Waals surface area contributed by atoms with Crippen LogP contribution >= 0.6 is 23.8 Å². The van der Waals surface area contributed by atoms with Crippen molar-refractivity contribution >= 4 is 62.9 Å². The highest BCUT2D eigenvalue weighted by Gasteiger charge is 2.23. The predicted molar refractivity (Wildman–Crippen MR) is 151 cm³/mol. The van der Waals surface area contributed by atoms with Crippen LogP contribution in [0.3, 0.4) is 0 Å². The van der Waals surface area contributed by atoms with E-state index in [-0.39, 0.29) is 16.4 Å². The van der Waals surface area contributed by atoms with E-state index in [9.17, 15) is 14.9 Å². The molecule has 5 rings (SSSR count). The van der Waals surface area contributed by atoms with Crippen LogP contribution < -0.4 is 15.5 Å². The topological polar surface area (TPSA) is 125 Å². The molecule has 38 heavy (non-hydrogen) atoms. The Hall–Kier alpha value is -4.06. The fraction of sp³-hybridized carbons (Fsp3) is 0.192. The number of H-pyrrole nitrogens is 1. The molecule has 10 nitrogen and oxygen atoms in total. The fourth-order valence-corrected chi connectivity index (χ4v) is 4.58. The summed E-state index contributed by atoms with van der Waals surface area (Å²) in [5.74, 6) is 0.151. The second-order valence-electron chi connectivity index (χ2n) is 8.75. The molecule has 1 amide bonds. The highest BCUT2D eigenvalue weighted by Crippen LogP contribution is 2.30. The number of ether oxygens (including phenoxy) is 1. The first-order valence-corrected chi connectivity index (χ1v) is 12.6. The summed E-state index contributed by atoms with van der Waals surface area (Å²) >= 11 is 11.5. The SMILES string of the molecule is Cc1cc2[nH]c(-c3ccc(NC(=S)NC(=O)c4ccc(N5CCOCC5)c([N+](=O)[O-])c4)cc3)nc2cc1Cl. The molecular weight excluding hydrogens is 528 g/mol. The van der Waals surface area contributed by atoms with Gasteiger partial charge in [0.2, 0.25) is 0 Å². The smallest absolute Gasteiger partial charge is 0.293 e. The van der Waals surface area contributed by atoms with Crippen LogP contribution in [0.5, 0.6) is 0 Å². The number of hydrogen-bond acceptors (Lipinski definition) is 7. The highest BCUT2D eigenvalue weighted by molar-refractivity contribution is 7.80. The number of imidazole rings is 1. The lowest BCUT2D eigenvalue weighted by molar-refractivity contribution is -0.384. The van der Waals surface area contributed by atoms with E-state index in [1.54, 1.807) is 24.3 Å². The third kappa shape index (κ3) is 5.44. The number of aromatic nitrogens is 2. The van der Waals surface area contributed by atoms with Gasteiger partial charge in [0, 0.05) is 41.0 Å². The van der Waals surface area contributed by atoms with Gasteiger partial charge in [0.15, 0.2) is 5.11 Å². The summed E-state index contributed by atoms with van der Waals surface area (Å²) in [6, 6.07) is 15.5. The van der Waals surface area contributed by atoms with Crippen molar-refractivity contribution in [2.45, 2.75) is 6.92 Å². The summed E-state index contributed by atoms with van der Waals surface area (Å²) in [5.41, 5.74) is 4.60. The minimum atomic E-state index is -0.549. The maximum absolute atomic E-state index is 12.8. The predicted octanol–water partition coefficient (Wildman–Crippen LogP) is 5.06. The first kappa shape index (κ1) is 25.6. The summed E-state index contributed by atoms with van der Waals surface area (Å²) in [7, 11) is 0. The van der Waals surface area contributed by atoms with Gasteiger partial charge in [-0.1, -0.05) is 11.6 Å². The second kappa shape index (κ2) is 10.7. The Balaban J connectivity index is 1.25. The van der Waals surface area contributed by atoms with Crippen molar-refractivity contribution in [3.05, 3.63) is 80.9 Å². The molecule has 0 atom stereocenters. The number of hydrogen-bond donors (Lipinski definition) is 3. The van der Waals surface area contributed by atoms with E-state index in [0.29, 0.717) is 48.5 Å². The normalized spacial score (nSPS) is 13.4. The van der Waals surface area contributed by atoms with Gasteiger partial charge in [-0.05, 0) is 73.2 Å². The molecule has 194 valence electrons. The number of nitrogens with one attached hydrogen (secondary N) is 3. The largest absolute Gasteiger partial charge is 0.378 e. The molecule has 0 aliphatic carbocycles. The molecule has 1 saturated heterocycles. The Kier molecular flexibility index (Phi) is 7.23. The average molecular weight is 551 g/mol. The standard InChI is InChI=1S/C26H23ClN6O4S/c1-15-12-20-21(14-19(15)27)30-24(29-20)16-2-5-18(6-3-16)28-26(38)31-25(34)17-4-7-22(23(13-17)33(35)36)32-8-10-37-11-9-32/h2-7,12-14H,8-11H2,1H3,(H,29,30)(H2,28,31,34,38). The molecule has 0 radical (unpaired) electrons. The Morgan fingerprint density at radius 1 is 1.16 bits per heavy atom. The number of thiocarbonyl (C=S) groups is 1. The number of anilines is 2. The van der Waals surface area contributed by atoms with Crippen LogP contribution in [0, 0.1) is 17.0 Å². The number of aromatic amines is 1. The number of rotatable bonds is 5. The number of halogens is 1. The van der Waals surface area contributed by atoms with Crippen LogP contribution in [0.1, 0.15) is 15.9 Å². The third-order valence-corrected chi connectivity index (χ3v) is 6.80. The van der Waals surface area contributed by atoms with Gasteiger partial charge in [0.1, 0.15) is 11.5 Å². The van der Waals surface area contributed by atoms with Gasteiger partial charge in [0.25, 0.3) is 11.6 Å². The molecule has 4 aromatic rings. The van der Waals surface area contributed by atoms with Crippen LogP contribution in [0.4, 0.5) is 17.1 Å². The highest BCUT2D eigenvalue weighted by atomic mass is 35.5. The fourth-order valence-electron chi connectivity index (χ4n) is 4.21. The maximum Gasteiger partial charge on any atom is 0.293 e. The van der Waals surface area contributed by atoms with E-state index in [1.165, 1.54) is 6.07 Å². The van der Waals surface area contributed by atoms with Gasteiger partial charge in [-0.25, -0.2) is 4.98 Å². The zero-order chi connectivity index (χ0) is 26.8. The zero-order valence-corrected chi connectivity index (χ0v) is 21.9. The van der Waals surface area contributed by atoms with Gasteiger partial charge in [-0.3, -0.25) is 20.2 Å². The van der Waals surface area contributed by atoms with Gasteiger partial charge < -0.3 is 19.9 Å². The first-order valence-electron chi connectivity index (χ1n) is 11.8. The molecule has 1 aliphatic heterocycles. The Labute approximate surface area is 228 Å². The van der Waals surface area contributed by atoms with Gasteiger partial charge in [-0.15, -0.1) is 0 Å². The lowest BCUT2D eigenvalue weighted by Crippen LogP contribution is -2.37. The summed E-state index contributed by atoms with van der Waals surface area (Å²) < 4.78 is 5.32. The number of carbonyl (C=O) groups is 1. The first-order chi connectivity index (χ1) is 18.3. The molecule has 2 heterocycles. The number of nitrogens with zero attached hydrogens (tertiary/aromatic N) is 3. The molecular formula is C26H23ClN6O4S. The number of aryl methyl sites for hydroxylation is 1. The Morgan fingerprint density at radius 3 is 2.61 bits per heavy atom. The molecule has 1 fully saturated rings. The number of morpholine rings is 1. The minimum absolute atomic E-state index is 0.0662. The van der Waals surface area contributed by atoms with E-state index in [1.807, 2.05) is 36.1 Å². The number of amides is 1. The number of nitro benzene ring substituents is 1. The van der Waals surface area contributed by atoms with Crippen LogP contribution in [0.15, 0.2) is 54.6 Å². The quantitative estimate of drug-likeness (QED) is 0.179. The van der Waals surface area contributed by atoms with Crippen LogP contribution in [-0.4, -0.2) is 52.2 Å². The molecule has 0 spiro atoms. The van der Waals surface area contributed by atoms with Crippen LogP contribution in [0.25, 0.3) is 22.4 Å². The van der Waals surface area contributed by atoms with Gasteiger partial charge in [0.05, 0.1) is 29.2 Å². The Bertz CT molecular complexity index is 1510. The van der Waals surface area contributed by atoms with Gasteiger partial charge in [-0.2, -0.15) is 0 Å². The van der Waals surface area contributed by atoms with Crippen molar-refractivity contribution in [2.75, 3.05) is 36.5 Å². The van der Waals surface area contributed by atoms with Crippen molar-refractivity contribution in [1.82, 2.24) is 15.3 Å².